The van der Waals surface area contributed by atoms with Gasteiger partial charge in [0, 0.05) is 49.7 Å². The fraction of sp³-hybridized carbons (Fsp3) is 0.263. The number of H-pyrrole nitrogens is 1. The van der Waals surface area contributed by atoms with Crippen molar-refractivity contribution in [1.29, 1.82) is 0 Å². The van der Waals surface area contributed by atoms with Crippen LogP contribution in [0.1, 0.15) is 0 Å². The second-order valence-corrected chi connectivity index (χ2v) is 6.57. The molecule has 1 amide bonds. The van der Waals surface area contributed by atoms with Gasteiger partial charge in [0.25, 0.3) is 0 Å². The van der Waals surface area contributed by atoms with Crippen LogP contribution >= 0.6 is 0 Å². The van der Waals surface area contributed by atoms with Crippen molar-refractivity contribution < 1.29 is 18.0 Å². The van der Waals surface area contributed by atoms with Gasteiger partial charge in [0.05, 0.1) is 12.1 Å². The van der Waals surface area contributed by atoms with Crippen molar-refractivity contribution in [3.05, 3.63) is 58.6 Å². The van der Waals surface area contributed by atoms with Gasteiger partial charge in [-0.2, -0.15) is 0 Å². The van der Waals surface area contributed by atoms with Gasteiger partial charge in [-0.15, -0.1) is 0 Å². The molecule has 2 aromatic carbocycles. The van der Waals surface area contributed by atoms with Crippen molar-refractivity contribution in [1.82, 2.24) is 9.88 Å². The van der Waals surface area contributed by atoms with E-state index in [1.54, 1.807) is 23.1 Å². The first-order chi connectivity index (χ1) is 13.5. The van der Waals surface area contributed by atoms with E-state index in [1.165, 1.54) is 12.1 Å². The number of carbonyl (C=O) groups is 1. The highest BCUT2D eigenvalue weighted by atomic mass is 19.1. The molecule has 3 aromatic rings. The van der Waals surface area contributed by atoms with Gasteiger partial charge in [0.2, 0.25) is 5.91 Å². The molecular formula is C19H18F2N4O3. The number of anilines is 2. The van der Waals surface area contributed by atoms with E-state index in [1.807, 2.05) is 4.90 Å². The van der Waals surface area contributed by atoms with Crippen LogP contribution in [0.25, 0.3) is 11.1 Å². The summed E-state index contributed by atoms with van der Waals surface area (Å²) in [7, 11) is 0. The van der Waals surface area contributed by atoms with Crippen molar-refractivity contribution in [3.63, 3.8) is 0 Å². The number of hydrogen-bond acceptors (Lipinski definition) is 5. The second kappa shape index (κ2) is 7.34. The Balaban J connectivity index is 1.32. The van der Waals surface area contributed by atoms with Gasteiger partial charge in [-0.05, 0) is 24.3 Å². The molecule has 0 spiro atoms. The number of fused-ring (bicyclic) bond motifs is 1. The van der Waals surface area contributed by atoms with E-state index in [2.05, 4.69) is 10.3 Å². The summed E-state index contributed by atoms with van der Waals surface area (Å²) in [5.41, 5.74) is 2.15. The second-order valence-electron chi connectivity index (χ2n) is 6.57. The van der Waals surface area contributed by atoms with Gasteiger partial charge >= 0.3 is 5.76 Å². The summed E-state index contributed by atoms with van der Waals surface area (Å²) in [6.07, 6.45) is 0. The number of carbonyl (C=O) groups excluding carboxylic acids is 1. The van der Waals surface area contributed by atoms with Crippen LogP contribution in [0.5, 0.6) is 0 Å². The van der Waals surface area contributed by atoms with Crippen molar-refractivity contribution in [2.45, 2.75) is 0 Å². The smallest absolute Gasteiger partial charge is 0.408 e. The fourth-order valence-corrected chi connectivity index (χ4v) is 3.28. The molecule has 1 aliphatic heterocycles. The molecule has 9 heteroatoms. The Morgan fingerprint density at radius 2 is 1.79 bits per heavy atom. The molecule has 0 radical (unpaired) electrons. The highest BCUT2D eigenvalue weighted by Crippen LogP contribution is 2.20. The first-order valence-corrected chi connectivity index (χ1v) is 8.83. The zero-order valence-corrected chi connectivity index (χ0v) is 14.9. The van der Waals surface area contributed by atoms with Crippen molar-refractivity contribution in [2.24, 2.45) is 0 Å². The highest BCUT2D eigenvalue weighted by Gasteiger charge is 2.21. The Morgan fingerprint density at radius 3 is 2.50 bits per heavy atom. The predicted molar refractivity (Wildman–Crippen MR) is 100 cm³/mol. The van der Waals surface area contributed by atoms with Crippen LogP contribution in [0.4, 0.5) is 20.2 Å². The van der Waals surface area contributed by atoms with Gasteiger partial charge in [-0.3, -0.25) is 9.78 Å². The number of halogens is 2. The zero-order chi connectivity index (χ0) is 19.7. The minimum absolute atomic E-state index is 0.0827. The van der Waals surface area contributed by atoms with E-state index in [0.29, 0.717) is 48.7 Å². The van der Waals surface area contributed by atoms with Crippen LogP contribution in [0.3, 0.4) is 0 Å². The van der Waals surface area contributed by atoms with Crippen molar-refractivity contribution in [3.8, 4) is 0 Å². The van der Waals surface area contributed by atoms with Crippen LogP contribution in [-0.2, 0) is 4.79 Å². The molecule has 0 bridgehead atoms. The third-order valence-corrected chi connectivity index (χ3v) is 4.71. The largest absolute Gasteiger partial charge is 0.417 e. The first-order valence-electron chi connectivity index (χ1n) is 8.83. The maximum absolute atomic E-state index is 13.4. The van der Waals surface area contributed by atoms with Crippen LogP contribution in [0.2, 0.25) is 0 Å². The van der Waals surface area contributed by atoms with E-state index in [0.717, 1.165) is 6.07 Å². The lowest BCUT2D eigenvalue weighted by Crippen LogP contribution is -2.50. The molecule has 2 N–H and O–H groups in total. The molecule has 0 aliphatic carbocycles. The first kappa shape index (κ1) is 18.0. The number of oxazole rings is 1. The van der Waals surface area contributed by atoms with Crippen LogP contribution < -0.4 is 16.0 Å². The summed E-state index contributed by atoms with van der Waals surface area (Å²) in [6.45, 7) is 2.01. The summed E-state index contributed by atoms with van der Waals surface area (Å²) < 4.78 is 31.8. The van der Waals surface area contributed by atoms with Gasteiger partial charge in [-0.25, -0.2) is 13.6 Å². The predicted octanol–water partition coefficient (Wildman–Crippen LogP) is 2.16. The fourth-order valence-electron chi connectivity index (χ4n) is 3.28. The van der Waals surface area contributed by atoms with Gasteiger partial charge in [-0.1, -0.05) is 0 Å². The molecule has 28 heavy (non-hydrogen) atoms. The SMILES string of the molecule is O=C(CNc1ccc2[nH]c(=O)oc2c1)N1CCN(c2cc(F)cc(F)c2)CC1. The maximum Gasteiger partial charge on any atom is 0.417 e. The van der Waals surface area contributed by atoms with Gasteiger partial charge in [0.1, 0.15) is 11.6 Å². The number of amides is 1. The molecule has 4 rings (SSSR count). The van der Waals surface area contributed by atoms with Gasteiger partial charge < -0.3 is 19.5 Å². The van der Waals surface area contributed by atoms with Crippen LogP contribution in [0.15, 0.2) is 45.6 Å². The van der Waals surface area contributed by atoms with E-state index in [9.17, 15) is 18.4 Å². The molecule has 1 aliphatic rings. The topological polar surface area (TPSA) is 81.6 Å². The molecule has 1 fully saturated rings. The Kier molecular flexibility index (Phi) is 4.72. The molecule has 146 valence electrons. The minimum atomic E-state index is -0.618. The summed E-state index contributed by atoms with van der Waals surface area (Å²) >= 11 is 0. The van der Waals surface area contributed by atoms with E-state index in [-0.39, 0.29) is 12.5 Å². The average molecular weight is 388 g/mol. The number of aromatic nitrogens is 1. The molecule has 1 aromatic heterocycles. The van der Waals surface area contributed by atoms with Crippen molar-refractivity contribution in [2.75, 3.05) is 42.9 Å². The Morgan fingerprint density at radius 1 is 1.07 bits per heavy atom. The average Bonchev–Trinajstić information content (AvgIpc) is 3.04. The lowest BCUT2D eigenvalue weighted by molar-refractivity contribution is -0.129. The third-order valence-electron chi connectivity index (χ3n) is 4.71. The lowest BCUT2D eigenvalue weighted by Gasteiger charge is -2.36. The van der Waals surface area contributed by atoms with Crippen LogP contribution in [-0.4, -0.2) is 48.5 Å². The number of rotatable bonds is 4. The Labute approximate surface area is 158 Å². The number of nitrogens with one attached hydrogen (secondary N) is 2. The lowest BCUT2D eigenvalue weighted by atomic mass is 10.2. The number of piperazine rings is 1. The summed E-state index contributed by atoms with van der Waals surface area (Å²) in [5, 5.41) is 3.02. The molecule has 7 nitrogen and oxygen atoms in total. The van der Waals surface area contributed by atoms with E-state index in [4.69, 9.17) is 4.42 Å². The van der Waals surface area contributed by atoms with Crippen molar-refractivity contribution >= 4 is 28.4 Å². The Hall–Kier alpha value is -3.36. The standard InChI is InChI=1S/C19H18F2N4O3/c20-12-7-13(21)9-15(8-12)24-3-5-25(6-4-24)18(26)11-22-14-1-2-16-17(10-14)28-19(27)23-16/h1-2,7-10,22H,3-6,11H2,(H,23,27). The molecule has 0 unspecified atom stereocenters. The maximum atomic E-state index is 13.4. The normalized spacial score (nSPS) is 14.5. The zero-order valence-electron chi connectivity index (χ0n) is 14.9. The Bertz CT molecular complexity index is 1050. The highest BCUT2D eigenvalue weighted by molar-refractivity contribution is 5.83. The van der Waals surface area contributed by atoms with E-state index < -0.39 is 17.4 Å². The molecular weight excluding hydrogens is 370 g/mol. The quantitative estimate of drug-likeness (QED) is 0.716. The van der Waals surface area contributed by atoms with Gasteiger partial charge in [0.15, 0.2) is 5.58 Å². The number of nitrogens with zero attached hydrogens (tertiary/aromatic N) is 2. The summed E-state index contributed by atoms with van der Waals surface area (Å²) in [4.78, 5) is 29.7. The van der Waals surface area contributed by atoms with Crippen LogP contribution in [0, 0.1) is 11.6 Å². The number of hydrogen-bond donors (Lipinski definition) is 2. The molecule has 2 heterocycles. The summed E-state index contributed by atoms with van der Waals surface area (Å²) in [6, 6.07) is 8.51. The molecule has 0 atom stereocenters. The number of benzene rings is 2. The third kappa shape index (κ3) is 3.83. The minimum Gasteiger partial charge on any atom is -0.408 e. The number of aromatic amines is 1. The van der Waals surface area contributed by atoms with E-state index >= 15 is 0 Å². The molecule has 1 saturated heterocycles. The monoisotopic (exact) mass is 388 g/mol. The summed E-state index contributed by atoms with van der Waals surface area (Å²) in [5.74, 6) is -1.85. The molecule has 0 saturated carbocycles.